The SMILES string of the molecule is CC(OCC(O)(P(=O)(O)O)P(=O)(O)O)c1nc(Br)cn1C. The van der Waals surface area contributed by atoms with Crippen LogP contribution in [0.25, 0.3) is 0 Å². The largest absolute Gasteiger partial charge is 0.371 e. The maximum Gasteiger partial charge on any atom is 0.371 e. The average Bonchev–Trinajstić information content (AvgIpc) is 2.61. The predicted molar refractivity (Wildman–Crippen MR) is 74.3 cm³/mol. The monoisotopic (exact) mass is 408 g/mol. The molecule has 0 aromatic carbocycles. The number of hydrogen-bond donors (Lipinski definition) is 5. The van der Waals surface area contributed by atoms with Crippen LogP contribution in [0.2, 0.25) is 0 Å². The highest BCUT2D eigenvalue weighted by atomic mass is 79.9. The zero-order valence-electron chi connectivity index (χ0n) is 11.0. The van der Waals surface area contributed by atoms with Crippen molar-refractivity contribution in [3.05, 3.63) is 16.6 Å². The fraction of sp³-hybridized carbons (Fsp3) is 0.625. The molecule has 13 heteroatoms. The Labute approximate surface area is 128 Å². The van der Waals surface area contributed by atoms with Gasteiger partial charge in [0.25, 0.3) is 5.08 Å². The summed E-state index contributed by atoms with van der Waals surface area (Å²) in [6.07, 6.45) is 0.721. The van der Waals surface area contributed by atoms with Gasteiger partial charge < -0.3 is 34.0 Å². The van der Waals surface area contributed by atoms with Crippen molar-refractivity contribution >= 4 is 31.1 Å². The first-order valence-electron chi connectivity index (χ1n) is 5.43. The molecule has 1 unspecified atom stereocenters. The van der Waals surface area contributed by atoms with Crippen LogP contribution in [0.1, 0.15) is 18.9 Å². The lowest BCUT2D eigenvalue weighted by Crippen LogP contribution is -2.35. The van der Waals surface area contributed by atoms with Crippen LogP contribution in [-0.4, -0.2) is 45.9 Å². The Morgan fingerprint density at radius 2 is 1.86 bits per heavy atom. The fourth-order valence-electron chi connectivity index (χ4n) is 1.47. The number of hydrogen-bond acceptors (Lipinski definition) is 5. The summed E-state index contributed by atoms with van der Waals surface area (Å²) >= 11 is 3.12. The Kier molecular flexibility index (Phi) is 5.59. The van der Waals surface area contributed by atoms with Gasteiger partial charge in [-0.15, -0.1) is 0 Å². The van der Waals surface area contributed by atoms with E-state index in [4.69, 9.17) is 24.3 Å². The number of aromatic nitrogens is 2. The molecule has 1 aromatic heterocycles. The van der Waals surface area contributed by atoms with Crippen molar-refractivity contribution in [2.24, 2.45) is 7.05 Å². The van der Waals surface area contributed by atoms with Gasteiger partial charge in [0.2, 0.25) is 0 Å². The fourth-order valence-corrected chi connectivity index (χ4v) is 3.80. The Bertz CT molecular complexity index is 585. The lowest BCUT2D eigenvalue weighted by molar-refractivity contribution is -0.0135. The molecule has 10 nitrogen and oxygen atoms in total. The second-order valence-corrected chi connectivity index (χ2v) is 9.17. The van der Waals surface area contributed by atoms with E-state index in [1.54, 1.807) is 17.8 Å². The van der Waals surface area contributed by atoms with Crippen molar-refractivity contribution in [3.8, 4) is 0 Å². The highest BCUT2D eigenvalue weighted by Crippen LogP contribution is 2.67. The maximum absolute atomic E-state index is 11.2. The third-order valence-electron chi connectivity index (χ3n) is 2.71. The van der Waals surface area contributed by atoms with Gasteiger partial charge >= 0.3 is 15.2 Å². The van der Waals surface area contributed by atoms with Crippen LogP contribution in [0, 0.1) is 0 Å². The molecule has 1 atom stereocenters. The van der Waals surface area contributed by atoms with Crippen molar-refractivity contribution < 1.29 is 38.5 Å². The molecule has 1 rings (SSSR count). The third kappa shape index (κ3) is 4.01. The van der Waals surface area contributed by atoms with E-state index in [2.05, 4.69) is 20.9 Å². The molecule has 0 bridgehead atoms. The summed E-state index contributed by atoms with van der Waals surface area (Å²) in [4.78, 5) is 39.9. The number of imidazole rings is 1. The molecule has 0 radical (unpaired) electrons. The van der Waals surface area contributed by atoms with Crippen molar-refractivity contribution in [2.45, 2.75) is 18.1 Å². The minimum Gasteiger partial charge on any atom is -0.366 e. The second kappa shape index (κ2) is 6.19. The number of halogens is 1. The molecule has 0 saturated heterocycles. The van der Waals surface area contributed by atoms with E-state index < -0.39 is 33.0 Å². The van der Waals surface area contributed by atoms with Crippen LogP contribution >= 0.6 is 31.1 Å². The quantitative estimate of drug-likeness (QED) is 0.415. The number of aliphatic hydroxyl groups is 1. The molecule has 1 heterocycles. The zero-order valence-corrected chi connectivity index (χ0v) is 14.4. The third-order valence-corrected chi connectivity index (χ3v) is 6.78. The van der Waals surface area contributed by atoms with Crippen LogP contribution in [0.4, 0.5) is 0 Å². The van der Waals surface area contributed by atoms with E-state index in [1.807, 2.05) is 0 Å². The molecule has 0 aliphatic heterocycles. The zero-order chi connectivity index (χ0) is 16.6. The van der Waals surface area contributed by atoms with Gasteiger partial charge in [-0.25, -0.2) is 4.98 Å². The normalized spacial score (nSPS) is 15.2. The summed E-state index contributed by atoms with van der Waals surface area (Å²) in [5.41, 5.74) is 0. The summed E-state index contributed by atoms with van der Waals surface area (Å²) in [5, 5.41) is 6.07. The van der Waals surface area contributed by atoms with Crippen molar-refractivity contribution in [3.63, 3.8) is 0 Å². The molecule has 0 aliphatic rings. The average molecular weight is 409 g/mol. The number of aryl methyl sites for hydroxylation is 1. The first-order valence-corrected chi connectivity index (χ1v) is 9.45. The van der Waals surface area contributed by atoms with E-state index in [-0.39, 0.29) is 0 Å². The molecule has 1 aromatic rings. The molecule has 0 spiro atoms. The van der Waals surface area contributed by atoms with Gasteiger partial charge in [0.15, 0.2) is 0 Å². The Balaban J connectivity index is 2.96. The Morgan fingerprint density at radius 3 is 2.19 bits per heavy atom. The lowest BCUT2D eigenvalue weighted by atomic mass is 10.4. The maximum atomic E-state index is 11.2. The molecule has 0 saturated carbocycles. The summed E-state index contributed by atoms with van der Waals surface area (Å²) in [7, 11) is -9.44. The highest BCUT2D eigenvalue weighted by Gasteiger charge is 2.60. The van der Waals surface area contributed by atoms with Crippen LogP contribution in [-0.2, 0) is 20.9 Å². The molecular formula is C8H15BrN2O8P2. The molecule has 5 N–H and O–H groups in total. The first kappa shape index (κ1) is 19.0. The van der Waals surface area contributed by atoms with Gasteiger partial charge in [-0.1, -0.05) is 0 Å². The summed E-state index contributed by atoms with van der Waals surface area (Å²) in [6.45, 7) is 0.196. The standard InChI is InChI=1S/C8H15BrN2O8P2/c1-5(7-10-6(9)3-11(7)2)19-4-8(12,20(13,14)15)21(16,17)18/h3,5,12H,4H2,1-2H3,(H2,13,14,15)(H2,16,17,18). The van der Waals surface area contributed by atoms with E-state index in [9.17, 15) is 14.2 Å². The molecule has 0 fully saturated rings. The minimum atomic E-state index is -5.53. The topological polar surface area (TPSA) is 162 Å². The summed E-state index contributed by atoms with van der Waals surface area (Å²) in [5.74, 6) is 0.334. The van der Waals surface area contributed by atoms with Gasteiger partial charge in [-0.2, -0.15) is 0 Å². The molecule has 122 valence electrons. The first-order chi connectivity index (χ1) is 9.29. The molecule has 0 aliphatic carbocycles. The van der Waals surface area contributed by atoms with Crippen LogP contribution in [0.5, 0.6) is 0 Å². The molecule has 21 heavy (non-hydrogen) atoms. The predicted octanol–water partition coefficient (Wildman–Crippen LogP) is 0.262. The van der Waals surface area contributed by atoms with Crippen molar-refractivity contribution in [1.82, 2.24) is 9.55 Å². The van der Waals surface area contributed by atoms with E-state index in [0.29, 0.717) is 10.4 Å². The summed E-state index contributed by atoms with van der Waals surface area (Å²) < 4.78 is 29.4. The van der Waals surface area contributed by atoms with E-state index >= 15 is 0 Å². The van der Waals surface area contributed by atoms with Crippen LogP contribution in [0.15, 0.2) is 10.8 Å². The Hall–Kier alpha value is -0.0900. The highest BCUT2D eigenvalue weighted by molar-refractivity contribution is 9.10. The van der Waals surface area contributed by atoms with E-state index in [1.165, 1.54) is 6.92 Å². The Morgan fingerprint density at radius 1 is 1.38 bits per heavy atom. The van der Waals surface area contributed by atoms with Gasteiger partial charge in [0.1, 0.15) is 23.1 Å². The number of nitrogens with zero attached hydrogens (tertiary/aromatic N) is 2. The summed E-state index contributed by atoms with van der Waals surface area (Å²) in [6, 6.07) is 0. The van der Waals surface area contributed by atoms with Gasteiger partial charge in [-0.3, -0.25) is 9.13 Å². The second-order valence-electron chi connectivity index (χ2n) is 4.35. The molecular weight excluding hydrogens is 394 g/mol. The minimum absolute atomic E-state index is 0.334. The van der Waals surface area contributed by atoms with Crippen molar-refractivity contribution in [1.29, 1.82) is 0 Å². The molecule has 0 amide bonds. The van der Waals surface area contributed by atoms with Gasteiger partial charge in [0, 0.05) is 13.2 Å². The van der Waals surface area contributed by atoms with Gasteiger partial charge in [-0.05, 0) is 22.9 Å². The van der Waals surface area contributed by atoms with Gasteiger partial charge in [0.05, 0.1) is 0 Å². The van der Waals surface area contributed by atoms with Crippen LogP contribution in [0.3, 0.4) is 0 Å². The number of rotatable bonds is 6. The number of ether oxygens (including phenoxy) is 1. The lowest BCUT2D eigenvalue weighted by Gasteiger charge is -2.29. The smallest absolute Gasteiger partial charge is 0.366 e. The van der Waals surface area contributed by atoms with E-state index in [0.717, 1.165) is 0 Å². The van der Waals surface area contributed by atoms with Crippen LogP contribution < -0.4 is 0 Å². The van der Waals surface area contributed by atoms with Crippen molar-refractivity contribution in [2.75, 3.05) is 6.61 Å².